The van der Waals surface area contributed by atoms with E-state index in [0.29, 0.717) is 23.3 Å². The highest BCUT2D eigenvalue weighted by molar-refractivity contribution is 6.28. The molecule has 0 aliphatic carbocycles. The molecular formula is C24H23ClN4O8. The van der Waals surface area contributed by atoms with Gasteiger partial charge in [0.25, 0.3) is 0 Å². The molecule has 1 unspecified atom stereocenters. The van der Waals surface area contributed by atoms with Gasteiger partial charge in [0.15, 0.2) is 23.6 Å². The largest absolute Gasteiger partial charge is 0.479 e. The zero-order valence-corrected chi connectivity index (χ0v) is 20.3. The van der Waals surface area contributed by atoms with Crippen molar-refractivity contribution in [2.75, 3.05) is 6.61 Å². The van der Waals surface area contributed by atoms with Gasteiger partial charge in [0.2, 0.25) is 5.28 Å². The lowest BCUT2D eigenvalue weighted by Gasteiger charge is -2.26. The number of aliphatic hydroxyl groups excluding tert-OH is 1. The topological polar surface area (TPSA) is 174 Å². The van der Waals surface area contributed by atoms with E-state index in [1.165, 1.54) is 10.9 Å². The highest BCUT2D eigenvalue weighted by Gasteiger charge is 2.56. The zero-order valence-electron chi connectivity index (χ0n) is 19.5. The molecule has 0 amide bonds. The summed E-state index contributed by atoms with van der Waals surface area (Å²) in [5, 5.41) is 31.5. The predicted molar refractivity (Wildman–Crippen MR) is 126 cm³/mol. The van der Waals surface area contributed by atoms with E-state index in [-0.39, 0.29) is 24.5 Å². The summed E-state index contributed by atoms with van der Waals surface area (Å²) in [5.41, 5.74) is -0.00422. The number of fused-ring (bicyclic) bond motifs is 1. The Bertz CT molecular complexity index is 1320. The molecule has 37 heavy (non-hydrogen) atoms. The third-order valence-electron chi connectivity index (χ3n) is 5.81. The molecule has 13 heteroatoms. The van der Waals surface area contributed by atoms with Crippen LogP contribution < -0.4 is 0 Å². The van der Waals surface area contributed by atoms with Crippen LogP contribution in [0.5, 0.6) is 0 Å². The molecule has 3 N–H and O–H groups in total. The summed E-state index contributed by atoms with van der Waals surface area (Å²) < 4.78 is 12.9. The Morgan fingerprint density at radius 3 is 2.59 bits per heavy atom. The Kier molecular flexibility index (Phi) is 9.07. The molecular weight excluding hydrogens is 508 g/mol. The number of carboxylic acid groups (broad SMARTS) is 1. The SMILES string of the molecule is C#C[C@@]1(O)[C@@H](COC(Cc2ccccc2)C(=O)O)O[C@@H](n2cnc3c(CC)nc(Cl)nc32)[C@@H]1O.O=C=O. The molecule has 1 fully saturated rings. The molecule has 5 atom stereocenters. The van der Waals surface area contributed by atoms with Gasteiger partial charge in [0.05, 0.1) is 18.6 Å². The molecule has 3 aromatic rings. The Balaban J connectivity index is 0.00000121. The molecule has 1 aromatic carbocycles. The molecule has 1 aliphatic rings. The summed E-state index contributed by atoms with van der Waals surface area (Å²) in [6.07, 6.45) is 2.65. The minimum Gasteiger partial charge on any atom is -0.479 e. The van der Waals surface area contributed by atoms with Gasteiger partial charge in [-0.15, -0.1) is 6.42 Å². The number of ether oxygens (including phenoxy) is 2. The van der Waals surface area contributed by atoms with Crippen molar-refractivity contribution in [3.05, 3.63) is 53.2 Å². The van der Waals surface area contributed by atoms with Crippen molar-refractivity contribution >= 4 is 34.9 Å². The van der Waals surface area contributed by atoms with Crippen LogP contribution in [0, 0.1) is 12.3 Å². The number of aliphatic hydroxyl groups is 2. The van der Waals surface area contributed by atoms with Crippen LogP contribution in [-0.2, 0) is 36.7 Å². The number of hydrogen-bond acceptors (Lipinski definition) is 10. The Morgan fingerprint density at radius 1 is 1.32 bits per heavy atom. The first-order chi connectivity index (χ1) is 17.7. The van der Waals surface area contributed by atoms with E-state index in [1.54, 1.807) is 24.3 Å². The Hall–Kier alpha value is -3.69. The number of carboxylic acids is 1. The molecule has 2 aromatic heterocycles. The van der Waals surface area contributed by atoms with Crippen LogP contribution in [0.2, 0.25) is 5.28 Å². The number of hydrogen-bond donors (Lipinski definition) is 3. The summed E-state index contributed by atoms with van der Waals surface area (Å²) in [6, 6.07) is 8.97. The summed E-state index contributed by atoms with van der Waals surface area (Å²) >= 11 is 6.04. The third kappa shape index (κ3) is 5.84. The molecule has 4 rings (SSSR count). The lowest BCUT2D eigenvalue weighted by molar-refractivity contribution is -0.191. The third-order valence-corrected chi connectivity index (χ3v) is 5.98. The maximum atomic E-state index is 11.7. The van der Waals surface area contributed by atoms with Gasteiger partial charge in [-0.2, -0.15) is 14.6 Å². The first-order valence-corrected chi connectivity index (χ1v) is 11.4. The van der Waals surface area contributed by atoms with Crippen molar-refractivity contribution in [3.63, 3.8) is 0 Å². The van der Waals surface area contributed by atoms with Crippen molar-refractivity contribution in [3.8, 4) is 12.3 Å². The normalized spacial score (nSPS) is 23.5. The fourth-order valence-electron chi connectivity index (χ4n) is 3.94. The van der Waals surface area contributed by atoms with Gasteiger partial charge in [-0.05, 0) is 23.6 Å². The van der Waals surface area contributed by atoms with E-state index < -0.39 is 36.1 Å². The minimum atomic E-state index is -2.15. The Morgan fingerprint density at radius 2 is 2.00 bits per heavy atom. The molecule has 1 saturated heterocycles. The fourth-order valence-corrected chi connectivity index (χ4v) is 4.13. The van der Waals surface area contributed by atoms with Crippen molar-refractivity contribution < 1.29 is 39.2 Å². The van der Waals surface area contributed by atoms with Crippen molar-refractivity contribution in [1.82, 2.24) is 19.5 Å². The van der Waals surface area contributed by atoms with Crippen LogP contribution in [0.25, 0.3) is 11.2 Å². The highest BCUT2D eigenvalue weighted by Crippen LogP contribution is 2.38. The molecule has 0 bridgehead atoms. The van der Waals surface area contributed by atoms with Gasteiger partial charge in [-0.1, -0.05) is 43.2 Å². The van der Waals surface area contributed by atoms with Gasteiger partial charge >= 0.3 is 12.1 Å². The average Bonchev–Trinajstić information content (AvgIpc) is 3.41. The number of aryl methyl sites for hydroxylation is 1. The number of carbonyl (C=O) groups excluding carboxylic acids is 2. The molecule has 0 radical (unpaired) electrons. The summed E-state index contributed by atoms with van der Waals surface area (Å²) in [5.74, 6) is 0.999. The molecule has 3 heterocycles. The summed E-state index contributed by atoms with van der Waals surface area (Å²) in [4.78, 5) is 40.6. The lowest BCUT2D eigenvalue weighted by Crippen LogP contribution is -2.48. The first-order valence-electron chi connectivity index (χ1n) is 11.0. The summed E-state index contributed by atoms with van der Waals surface area (Å²) in [6.45, 7) is 1.51. The molecule has 1 aliphatic heterocycles. The molecule has 12 nitrogen and oxygen atoms in total. The van der Waals surface area contributed by atoms with E-state index in [0.717, 1.165) is 5.56 Å². The van der Waals surface area contributed by atoms with Crippen LogP contribution >= 0.6 is 11.6 Å². The molecule has 0 saturated carbocycles. The van der Waals surface area contributed by atoms with Crippen molar-refractivity contribution in [2.45, 2.75) is 49.9 Å². The highest BCUT2D eigenvalue weighted by atomic mass is 35.5. The van der Waals surface area contributed by atoms with Crippen LogP contribution in [0.1, 0.15) is 24.4 Å². The monoisotopic (exact) mass is 530 g/mol. The van der Waals surface area contributed by atoms with E-state index in [1.807, 2.05) is 13.0 Å². The number of aliphatic carboxylic acids is 1. The van der Waals surface area contributed by atoms with E-state index in [2.05, 4.69) is 20.9 Å². The number of rotatable bonds is 8. The number of carbonyl (C=O) groups is 1. The van der Waals surface area contributed by atoms with Gasteiger partial charge in [0.1, 0.15) is 17.7 Å². The zero-order chi connectivity index (χ0) is 27.2. The second kappa shape index (κ2) is 12.0. The quantitative estimate of drug-likeness (QED) is 0.277. The number of benzene rings is 1. The standard InChI is InChI=1S/C23H23ClN4O6.CO2/c1-3-14-17-19(27-22(24)26-14)28(12-25-17)20-18(29)23(32,4-2)16(34-20)11-33-15(21(30)31)10-13-8-6-5-7-9-13;2-1-3/h2,5-9,12,15-16,18,20,29,32H,3,10-11H2,1H3,(H,30,31);/t15?,16-,18+,20-,23-;/m1./s1. The van der Waals surface area contributed by atoms with Gasteiger partial charge < -0.3 is 24.8 Å². The van der Waals surface area contributed by atoms with Crippen LogP contribution in [0.4, 0.5) is 0 Å². The van der Waals surface area contributed by atoms with Crippen LogP contribution in [-0.4, -0.2) is 77.5 Å². The number of terminal acetylenes is 1. The first kappa shape index (κ1) is 27.9. The van der Waals surface area contributed by atoms with Gasteiger partial charge in [0, 0.05) is 6.42 Å². The lowest BCUT2D eigenvalue weighted by atomic mass is 9.93. The predicted octanol–water partition coefficient (Wildman–Crippen LogP) is 0.794. The van der Waals surface area contributed by atoms with E-state index >= 15 is 0 Å². The minimum absolute atomic E-state index is 0.00380. The number of nitrogens with zero attached hydrogens (tertiary/aromatic N) is 4. The molecule has 0 spiro atoms. The van der Waals surface area contributed by atoms with Gasteiger partial charge in [-0.25, -0.2) is 14.8 Å². The van der Waals surface area contributed by atoms with Crippen molar-refractivity contribution in [2.24, 2.45) is 0 Å². The number of halogens is 1. The number of aromatic nitrogens is 4. The Labute approximate surface area is 215 Å². The second-order valence-electron chi connectivity index (χ2n) is 7.98. The second-order valence-corrected chi connectivity index (χ2v) is 8.32. The number of imidazole rings is 1. The smallest absolute Gasteiger partial charge is 0.373 e. The maximum absolute atomic E-state index is 11.7. The average molecular weight is 531 g/mol. The maximum Gasteiger partial charge on any atom is 0.373 e. The van der Waals surface area contributed by atoms with Crippen LogP contribution in [0.3, 0.4) is 0 Å². The summed E-state index contributed by atoms with van der Waals surface area (Å²) in [7, 11) is 0. The van der Waals surface area contributed by atoms with E-state index in [9.17, 15) is 20.1 Å². The van der Waals surface area contributed by atoms with Gasteiger partial charge in [-0.3, -0.25) is 4.57 Å². The fraction of sp³-hybridized carbons (Fsp3) is 0.375. The molecule has 194 valence electrons. The van der Waals surface area contributed by atoms with Crippen LogP contribution in [0.15, 0.2) is 36.7 Å². The van der Waals surface area contributed by atoms with E-state index in [4.69, 9.17) is 37.1 Å². The van der Waals surface area contributed by atoms with Crippen molar-refractivity contribution in [1.29, 1.82) is 0 Å².